The maximum atomic E-state index is 11.7. The van der Waals surface area contributed by atoms with Gasteiger partial charge in [-0.15, -0.1) is 0 Å². The molecule has 0 radical (unpaired) electrons. The van der Waals surface area contributed by atoms with E-state index in [9.17, 15) is 18.0 Å². The summed E-state index contributed by atoms with van der Waals surface area (Å²) in [6.07, 6.45) is 10.8. The van der Waals surface area contributed by atoms with Crippen LogP contribution in [0.25, 0.3) is 0 Å². The number of amides is 2. The van der Waals surface area contributed by atoms with Gasteiger partial charge in [-0.1, -0.05) is 64.7 Å². The predicted octanol–water partition coefficient (Wildman–Crippen LogP) is 0.858. The number of nitrogens with one attached hydrogen (secondary N) is 1. The van der Waals surface area contributed by atoms with Gasteiger partial charge in [0, 0.05) is 6.54 Å². The number of carbonyl (C=O) groups is 2. The molecule has 0 fully saturated rings. The second kappa shape index (κ2) is 19.2. The summed E-state index contributed by atoms with van der Waals surface area (Å²) >= 11 is 0. The first-order valence-corrected chi connectivity index (χ1v) is 10.3. The molecule has 0 aliphatic heterocycles. The van der Waals surface area contributed by atoms with Crippen LogP contribution in [0.1, 0.15) is 77.6 Å². The molecule has 1 atom stereocenters. The minimum atomic E-state index is -4.64. The molecule has 0 spiro atoms. The summed E-state index contributed by atoms with van der Waals surface area (Å²) in [5, 5.41) is 0.613. The van der Waals surface area contributed by atoms with Crippen LogP contribution in [0.5, 0.6) is 0 Å². The van der Waals surface area contributed by atoms with Gasteiger partial charge < -0.3 is 11.1 Å². The monoisotopic (exact) mass is 412 g/mol. The van der Waals surface area contributed by atoms with Gasteiger partial charge in [-0.2, -0.15) is 8.42 Å². The number of carbonyl (C=O) groups excluding carboxylic acids is 2. The Kier molecular flexibility index (Phi) is 23.3. The van der Waals surface area contributed by atoms with Crippen LogP contribution in [0.2, 0.25) is 0 Å². The first kappa shape index (κ1) is 31.5. The fourth-order valence-corrected chi connectivity index (χ4v) is 3.18. The SMILES string of the molecule is CCCCCCCCCCCCNC(=O)C(CC(N)=O)S(=O)(=O)O.[NaH].[NaH]. The maximum absolute atomic E-state index is 11.7. The van der Waals surface area contributed by atoms with Crippen molar-refractivity contribution < 1.29 is 22.6 Å². The van der Waals surface area contributed by atoms with Crippen molar-refractivity contribution in [1.29, 1.82) is 0 Å². The summed E-state index contributed by atoms with van der Waals surface area (Å²) in [6, 6.07) is 0. The van der Waals surface area contributed by atoms with E-state index in [1.165, 1.54) is 38.5 Å². The molecule has 4 N–H and O–H groups in total. The van der Waals surface area contributed by atoms with Crippen molar-refractivity contribution in [1.82, 2.24) is 5.32 Å². The first-order chi connectivity index (χ1) is 11.3. The molecule has 0 aliphatic rings. The van der Waals surface area contributed by atoms with Crippen LogP contribution in [0, 0.1) is 0 Å². The summed E-state index contributed by atoms with van der Waals surface area (Å²) in [7, 11) is -4.64. The molecule has 1 unspecified atom stereocenters. The molecule has 0 heterocycles. The third kappa shape index (κ3) is 18.2. The molecule has 0 aliphatic carbocycles. The third-order valence-electron chi connectivity index (χ3n) is 3.87. The third-order valence-corrected chi connectivity index (χ3v) is 4.97. The number of primary amides is 1. The molecular formula is C16H34N2Na2O5S. The first-order valence-electron chi connectivity index (χ1n) is 8.81. The van der Waals surface area contributed by atoms with Crippen molar-refractivity contribution in [3.05, 3.63) is 0 Å². The Balaban J connectivity index is -0.00000264. The summed E-state index contributed by atoms with van der Waals surface area (Å²) in [5.74, 6) is -1.83. The van der Waals surface area contributed by atoms with E-state index in [1.807, 2.05) is 0 Å². The fourth-order valence-electron chi connectivity index (χ4n) is 2.45. The van der Waals surface area contributed by atoms with Crippen LogP contribution in [0.3, 0.4) is 0 Å². The second-order valence-corrected chi connectivity index (χ2v) is 7.75. The second-order valence-electron chi connectivity index (χ2n) is 6.15. The zero-order valence-corrected chi connectivity index (χ0v) is 15.4. The Hall–Kier alpha value is 0.850. The topological polar surface area (TPSA) is 127 Å². The van der Waals surface area contributed by atoms with Crippen molar-refractivity contribution in [3.63, 3.8) is 0 Å². The fraction of sp³-hybridized carbons (Fsp3) is 0.875. The van der Waals surface area contributed by atoms with Crippen molar-refractivity contribution in [2.75, 3.05) is 6.54 Å². The summed E-state index contributed by atoms with van der Waals surface area (Å²) in [5.41, 5.74) is 4.89. The Morgan fingerprint density at radius 1 is 0.923 bits per heavy atom. The van der Waals surface area contributed by atoms with Crippen LogP contribution in [0.15, 0.2) is 0 Å². The van der Waals surface area contributed by atoms with E-state index in [0.29, 0.717) is 6.54 Å². The van der Waals surface area contributed by atoms with E-state index >= 15 is 0 Å². The predicted molar refractivity (Wildman–Crippen MR) is 108 cm³/mol. The zero-order valence-electron chi connectivity index (χ0n) is 14.6. The molecule has 0 aromatic rings. The molecule has 146 valence electrons. The van der Waals surface area contributed by atoms with Gasteiger partial charge in [0.1, 0.15) is 0 Å². The molecule has 26 heavy (non-hydrogen) atoms. The van der Waals surface area contributed by atoms with E-state index in [-0.39, 0.29) is 59.1 Å². The van der Waals surface area contributed by atoms with Gasteiger partial charge in [0.25, 0.3) is 10.1 Å². The molecule has 0 rings (SSSR count). The Labute approximate surface area is 202 Å². The van der Waals surface area contributed by atoms with E-state index in [0.717, 1.165) is 25.7 Å². The Bertz CT molecular complexity index is 475. The molecule has 0 saturated heterocycles. The normalized spacial score (nSPS) is 11.8. The van der Waals surface area contributed by atoms with Crippen molar-refractivity contribution in [2.24, 2.45) is 5.73 Å². The van der Waals surface area contributed by atoms with Gasteiger partial charge in [0.15, 0.2) is 5.25 Å². The van der Waals surface area contributed by atoms with Crippen LogP contribution in [0.4, 0.5) is 0 Å². The van der Waals surface area contributed by atoms with Gasteiger partial charge in [0.2, 0.25) is 11.8 Å². The molecule has 0 aromatic heterocycles. The number of nitrogens with two attached hydrogens (primary N) is 1. The Morgan fingerprint density at radius 3 is 1.73 bits per heavy atom. The van der Waals surface area contributed by atoms with Crippen LogP contribution in [-0.4, -0.2) is 95.7 Å². The van der Waals surface area contributed by atoms with E-state index in [2.05, 4.69) is 12.2 Å². The van der Waals surface area contributed by atoms with E-state index in [4.69, 9.17) is 10.3 Å². The molecule has 0 aromatic carbocycles. The van der Waals surface area contributed by atoms with Crippen molar-refractivity contribution in [3.8, 4) is 0 Å². The van der Waals surface area contributed by atoms with Crippen LogP contribution < -0.4 is 11.1 Å². The van der Waals surface area contributed by atoms with Gasteiger partial charge in [-0.05, 0) is 6.42 Å². The average Bonchev–Trinajstić information content (AvgIpc) is 2.48. The Morgan fingerprint density at radius 2 is 1.35 bits per heavy atom. The molecule has 7 nitrogen and oxygen atoms in total. The van der Waals surface area contributed by atoms with Gasteiger partial charge >= 0.3 is 59.1 Å². The van der Waals surface area contributed by atoms with E-state index < -0.39 is 33.6 Å². The quantitative estimate of drug-likeness (QED) is 0.209. The number of rotatable bonds is 15. The van der Waals surface area contributed by atoms with Gasteiger partial charge in [0.05, 0.1) is 6.42 Å². The summed E-state index contributed by atoms with van der Waals surface area (Å²) < 4.78 is 31.2. The molecular weight excluding hydrogens is 378 g/mol. The van der Waals surface area contributed by atoms with Gasteiger partial charge in [-0.3, -0.25) is 14.1 Å². The van der Waals surface area contributed by atoms with Gasteiger partial charge in [-0.25, -0.2) is 0 Å². The molecule has 0 saturated carbocycles. The van der Waals surface area contributed by atoms with Crippen molar-refractivity contribution in [2.45, 2.75) is 82.8 Å². The summed E-state index contributed by atoms with van der Waals surface area (Å²) in [4.78, 5) is 22.5. The van der Waals surface area contributed by atoms with Crippen molar-refractivity contribution >= 4 is 81.0 Å². The number of hydrogen-bond acceptors (Lipinski definition) is 4. The molecule has 10 heteroatoms. The van der Waals surface area contributed by atoms with Crippen LogP contribution in [-0.2, 0) is 19.7 Å². The molecule has 2 amide bonds. The number of hydrogen-bond donors (Lipinski definition) is 3. The number of unbranched alkanes of at least 4 members (excludes halogenated alkanes) is 9. The standard InChI is InChI=1S/C16H32N2O5S.2Na.2H/c1-2-3-4-5-6-7-8-9-10-11-12-18-16(20)14(13-15(17)19)24(21,22)23;;;;/h14H,2-13H2,1H3,(H2,17,19)(H,18,20)(H,21,22,23);;;;. The van der Waals surface area contributed by atoms with Crippen LogP contribution >= 0.6 is 0 Å². The average molecular weight is 413 g/mol. The summed E-state index contributed by atoms with van der Waals surface area (Å²) in [6.45, 7) is 2.52. The zero-order chi connectivity index (χ0) is 18.4. The molecule has 0 bridgehead atoms. The minimum absolute atomic E-state index is 0. The van der Waals surface area contributed by atoms with E-state index in [1.54, 1.807) is 0 Å².